The van der Waals surface area contributed by atoms with Crippen molar-refractivity contribution < 1.29 is 23.7 Å². The van der Waals surface area contributed by atoms with Crippen LogP contribution < -0.4 is 0 Å². The SMILES string of the molecule is [N-]=[N+]=N[C@@H]1C(=O)O[C@@H]2[C@H]3OC(c4ccccc4)O[C@H]3O[C@@H]21. The van der Waals surface area contributed by atoms with E-state index in [0.717, 1.165) is 5.56 Å². The fourth-order valence-corrected chi connectivity index (χ4v) is 2.86. The molecule has 3 fully saturated rings. The van der Waals surface area contributed by atoms with Gasteiger partial charge >= 0.3 is 5.97 Å². The number of azide groups is 1. The fourth-order valence-electron chi connectivity index (χ4n) is 2.86. The maximum absolute atomic E-state index is 11.7. The molecular formula is C13H11N3O5. The topological polar surface area (TPSA) is 103 Å². The maximum atomic E-state index is 11.7. The number of ether oxygens (including phenoxy) is 4. The number of hydrogen-bond donors (Lipinski definition) is 0. The third-order valence-corrected chi connectivity index (χ3v) is 3.80. The number of hydrogen-bond acceptors (Lipinski definition) is 6. The third-order valence-electron chi connectivity index (χ3n) is 3.80. The summed E-state index contributed by atoms with van der Waals surface area (Å²) < 4.78 is 22.4. The highest BCUT2D eigenvalue weighted by molar-refractivity contribution is 5.79. The molecule has 8 nitrogen and oxygen atoms in total. The Balaban J connectivity index is 1.54. The van der Waals surface area contributed by atoms with Crippen LogP contribution in [0.4, 0.5) is 0 Å². The number of rotatable bonds is 2. The van der Waals surface area contributed by atoms with E-state index < -0.39 is 42.9 Å². The number of esters is 1. The Bertz CT molecular complexity index is 617. The molecule has 0 radical (unpaired) electrons. The molecule has 1 unspecified atom stereocenters. The first-order chi connectivity index (χ1) is 10.3. The number of benzene rings is 1. The van der Waals surface area contributed by atoms with Gasteiger partial charge in [0.25, 0.3) is 0 Å². The van der Waals surface area contributed by atoms with Crippen molar-refractivity contribution in [2.75, 3.05) is 0 Å². The minimum Gasteiger partial charge on any atom is -0.456 e. The summed E-state index contributed by atoms with van der Waals surface area (Å²) in [4.78, 5) is 14.3. The Morgan fingerprint density at radius 1 is 1.05 bits per heavy atom. The van der Waals surface area contributed by atoms with Gasteiger partial charge in [0.2, 0.25) is 0 Å². The molecular weight excluding hydrogens is 278 g/mol. The van der Waals surface area contributed by atoms with Crippen LogP contribution in [0.3, 0.4) is 0 Å². The zero-order valence-electron chi connectivity index (χ0n) is 10.7. The highest BCUT2D eigenvalue weighted by Gasteiger charge is 2.61. The van der Waals surface area contributed by atoms with Crippen LogP contribution in [0.2, 0.25) is 0 Å². The molecule has 0 N–H and O–H groups in total. The van der Waals surface area contributed by atoms with Crippen LogP contribution in [0, 0.1) is 0 Å². The summed E-state index contributed by atoms with van der Waals surface area (Å²) in [6, 6.07) is 8.45. The lowest BCUT2D eigenvalue weighted by Crippen LogP contribution is -2.31. The zero-order valence-corrected chi connectivity index (χ0v) is 10.7. The van der Waals surface area contributed by atoms with Crippen molar-refractivity contribution in [3.05, 3.63) is 46.3 Å². The molecule has 1 aromatic carbocycles. The molecule has 3 aliphatic heterocycles. The highest BCUT2D eigenvalue weighted by Crippen LogP contribution is 2.43. The first kappa shape index (κ1) is 12.6. The predicted molar refractivity (Wildman–Crippen MR) is 66.6 cm³/mol. The third kappa shape index (κ3) is 1.89. The van der Waals surface area contributed by atoms with E-state index in [9.17, 15) is 4.79 Å². The molecule has 3 saturated heterocycles. The minimum atomic E-state index is -0.979. The van der Waals surface area contributed by atoms with Gasteiger partial charge in [-0.15, -0.1) is 0 Å². The second-order valence-corrected chi connectivity index (χ2v) is 5.00. The van der Waals surface area contributed by atoms with Gasteiger partial charge < -0.3 is 18.9 Å². The molecule has 0 amide bonds. The molecule has 1 aromatic rings. The second kappa shape index (κ2) is 4.71. The number of fused-ring (bicyclic) bond motifs is 3. The molecule has 0 bridgehead atoms. The summed E-state index contributed by atoms with van der Waals surface area (Å²) in [6.07, 6.45) is -2.95. The van der Waals surface area contributed by atoms with Crippen molar-refractivity contribution in [2.45, 2.75) is 36.9 Å². The lowest BCUT2D eigenvalue weighted by molar-refractivity contribution is -0.164. The van der Waals surface area contributed by atoms with E-state index in [-0.39, 0.29) is 0 Å². The average Bonchev–Trinajstić information content (AvgIpc) is 3.13. The Hall–Kier alpha value is -2.12. The molecule has 6 atom stereocenters. The van der Waals surface area contributed by atoms with Gasteiger partial charge in [0.15, 0.2) is 30.8 Å². The lowest BCUT2D eigenvalue weighted by atomic mass is 10.1. The van der Waals surface area contributed by atoms with Gasteiger partial charge in [-0.1, -0.05) is 35.4 Å². The smallest absolute Gasteiger partial charge is 0.318 e. The Morgan fingerprint density at radius 2 is 1.86 bits per heavy atom. The normalized spacial score (nSPS) is 40.3. The van der Waals surface area contributed by atoms with E-state index in [1.807, 2.05) is 30.3 Å². The molecule has 3 aliphatic rings. The predicted octanol–water partition coefficient (Wildman–Crippen LogP) is 1.43. The summed E-state index contributed by atoms with van der Waals surface area (Å²) >= 11 is 0. The Kier molecular flexibility index (Phi) is 2.83. The van der Waals surface area contributed by atoms with Crippen LogP contribution in [0.5, 0.6) is 0 Å². The van der Waals surface area contributed by atoms with E-state index in [1.54, 1.807) is 0 Å². The number of nitrogens with zero attached hydrogens (tertiary/aromatic N) is 3. The molecule has 3 heterocycles. The Labute approximate surface area is 119 Å². The summed E-state index contributed by atoms with van der Waals surface area (Å²) in [5, 5.41) is 3.42. The van der Waals surface area contributed by atoms with Crippen molar-refractivity contribution >= 4 is 5.97 Å². The summed E-state index contributed by atoms with van der Waals surface area (Å²) in [6.45, 7) is 0. The number of carbonyl (C=O) groups excluding carboxylic acids is 1. The fraction of sp³-hybridized carbons (Fsp3) is 0.462. The first-order valence-corrected chi connectivity index (χ1v) is 6.54. The monoisotopic (exact) mass is 289 g/mol. The van der Waals surface area contributed by atoms with Gasteiger partial charge in [-0.3, -0.25) is 4.79 Å². The van der Waals surface area contributed by atoms with Gasteiger partial charge in [0.1, 0.15) is 6.10 Å². The largest absolute Gasteiger partial charge is 0.456 e. The first-order valence-electron chi connectivity index (χ1n) is 6.54. The lowest BCUT2D eigenvalue weighted by Gasteiger charge is -2.16. The van der Waals surface area contributed by atoms with Gasteiger partial charge in [-0.25, -0.2) is 0 Å². The average molecular weight is 289 g/mol. The molecule has 0 saturated carbocycles. The second-order valence-electron chi connectivity index (χ2n) is 5.00. The summed E-state index contributed by atoms with van der Waals surface area (Å²) in [5.41, 5.74) is 9.35. The van der Waals surface area contributed by atoms with Crippen molar-refractivity contribution in [3.63, 3.8) is 0 Å². The van der Waals surface area contributed by atoms with Crippen LogP contribution in [0.15, 0.2) is 35.4 Å². The van der Waals surface area contributed by atoms with Gasteiger partial charge in [0, 0.05) is 10.5 Å². The van der Waals surface area contributed by atoms with E-state index in [1.165, 1.54) is 0 Å². The van der Waals surface area contributed by atoms with E-state index in [0.29, 0.717) is 0 Å². The molecule has 0 spiro atoms. The highest BCUT2D eigenvalue weighted by atomic mass is 16.8. The van der Waals surface area contributed by atoms with Crippen LogP contribution in [-0.2, 0) is 23.7 Å². The van der Waals surface area contributed by atoms with Gasteiger partial charge in [-0.05, 0) is 5.53 Å². The summed E-state index contributed by atoms with van der Waals surface area (Å²) in [5.74, 6) is -0.590. The van der Waals surface area contributed by atoms with Gasteiger partial charge in [-0.2, -0.15) is 0 Å². The van der Waals surface area contributed by atoms with E-state index in [2.05, 4.69) is 10.0 Å². The van der Waals surface area contributed by atoms with Crippen molar-refractivity contribution in [2.24, 2.45) is 5.11 Å². The van der Waals surface area contributed by atoms with Crippen LogP contribution >= 0.6 is 0 Å². The molecule has 108 valence electrons. The van der Waals surface area contributed by atoms with Crippen LogP contribution in [0.1, 0.15) is 11.9 Å². The molecule has 0 aliphatic carbocycles. The molecule has 4 rings (SSSR count). The molecule has 8 heteroatoms. The Morgan fingerprint density at radius 3 is 2.62 bits per heavy atom. The van der Waals surface area contributed by atoms with Crippen LogP contribution in [0.25, 0.3) is 10.4 Å². The van der Waals surface area contributed by atoms with Gasteiger partial charge in [0.05, 0.1) is 0 Å². The number of carbonyl (C=O) groups is 1. The zero-order chi connectivity index (χ0) is 14.4. The van der Waals surface area contributed by atoms with Crippen LogP contribution in [-0.4, -0.2) is 36.6 Å². The standard InChI is InChI=1S/C13H11N3O5/c14-16-15-7-8-9(18-11(7)17)10-13(19-8)21-12(20-10)6-4-2-1-3-5-6/h1-5,7-10,12-13H/t7-,8+,9-,10+,12?,13+/m0/s1. The molecule has 21 heavy (non-hydrogen) atoms. The van der Waals surface area contributed by atoms with Crippen molar-refractivity contribution in [3.8, 4) is 0 Å². The molecule has 0 aromatic heterocycles. The van der Waals surface area contributed by atoms with Crippen molar-refractivity contribution in [1.29, 1.82) is 0 Å². The maximum Gasteiger partial charge on any atom is 0.318 e. The van der Waals surface area contributed by atoms with Crippen molar-refractivity contribution in [1.82, 2.24) is 0 Å². The van der Waals surface area contributed by atoms with E-state index in [4.69, 9.17) is 24.5 Å². The quantitative estimate of drug-likeness (QED) is 0.354. The summed E-state index contributed by atoms with van der Waals surface area (Å²) in [7, 11) is 0. The minimum absolute atomic E-state index is 0.511. The van der Waals surface area contributed by atoms with E-state index >= 15 is 0 Å².